The summed E-state index contributed by atoms with van der Waals surface area (Å²) < 4.78 is 38.2. The Kier molecular flexibility index (Phi) is 6.48. The summed E-state index contributed by atoms with van der Waals surface area (Å²) in [5.74, 6) is 0.709. The molecular formula is C16H17IN2O5S. The van der Waals surface area contributed by atoms with Gasteiger partial charge in [0.05, 0.1) is 29.2 Å². The van der Waals surface area contributed by atoms with Gasteiger partial charge in [0.1, 0.15) is 11.5 Å². The zero-order valence-electron chi connectivity index (χ0n) is 13.6. The third-order valence-corrected chi connectivity index (χ3v) is 5.29. The van der Waals surface area contributed by atoms with Crippen LogP contribution in [0.3, 0.4) is 0 Å². The lowest BCUT2D eigenvalue weighted by Crippen LogP contribution is -2.15. The minimum atomic E-state index is -3.82. The molecule has 0 saturated heterocycles. The molecule has 0 aromatic heterocycles. The van der Waals surface area contributed by atoms with Gasteiger partial charge in [-0.1, -0.05) is 22.6 Å². The van der Waals surface area contributed by atoms with Crippen LogP contribution < -0.4 is 19.5 Å². The number of halogens is 1. The van der Waals surface area contributed by atoms with Crippen molar-refractivity contribution in [1.29, 1.82) is 0 Å². The molecule has 9 heteroatoms. The van der Waals surface area contributed by atoms with E-state index in [0.29, 0.717) is 21.6 Å². The quantitative estimate of drug-likeness (QED) is 0.474. The van der Waals surface area contributed by atoms with E-state index in [1.807, 2.05) is 22.6 Å². The summed E-state index contributed by atoms with van der Waals surface area (Å²) in [6.07, 6.45) is 0. The van der Waals surface area contributed by atoms with Crippen molar-refractivity contribution < 1.29 is 22.7 Å². The van der Waals surface area contributed by atoms with Crippen molar-refractivity contribution in [2.75, 3.05) is 28.7 Å². The monoisotopic (exact) mass is 476 g/mol. The maximum Gasteiger partial charge on any atom is 0.262 e. The van der Waals surface area contributed by atoms with Crippen molar-refractivity contribution in [3.05, 3.63) is 42.5 Å². The highest BCUT2D eigenvalue weighted by molar-refractivity contribution is 14.1. The molecule has 134 valence electrons. The second-order valence-electron chi connectivity index (χ2n) is 4.88. The van der Waals surface area contributed by atoms with Crippen LogP contribution in [0.1, 0.15) is 0 Å². The lowest BCUT2D eigenvalue weighted by molar-refractivity contribution is -0.113. The summed E-state index contributed by atoms with van der Waals surface area (Å²) in [4.78, 5) is 11.4. The number of alkyl halides is 1. The molecule has 0 saturated carbocycles. The van der Waals surface area contributed by atoms with Crippen LogP contribution in [0.25, 0.3) is 0 Å². The van der Waals surface area contributed by atoms with Gasteiger partial charge in [0.15, 0.2) is 0 Å². The molecule has 2 N–H and O–H groups in total. The Balaban J connectivity index is 2.26. The van der Waals surface area contributed by atoms with Gasteiger partial charge in [-0.05, 0) is 36.4 Å². The minimum Gasteiger partial charge on any atom is -0.497 e. The fraction of sp³-hybridized carbons (Fsp3) is 0.188. The molecule has 0 aliphatic carbocycles. The third kappa shape index (κ3) is 4.98. The standard InChI is InChI=1S/C16H17IN2O5S/c1-23-12-5-8-15(24-2)14(9-12)19-25(21,22)13-6-3-11(4-7-13)18-16(20)10-17/h3-9,19H,10H2,1-2H3,(H,18,20). The molecule has 0 heterocycles. The number of nitrogens with one attached hydrogen (secondary N) is 2. The lowest BCUT2D eigenvalue weighted by atomic mass is 10.3. The van der Waals surface area contributed by atoms with Gasteiger partial charge >= 0.3 is 0 Å². The first kappa shape index (κ1) is 19.3. The molecule has 0 aliphatic heterocycles. The van der Waals surface area contributed by atoms with E-state index in [2.05, 4.69) is 10.0 Å². The predicted octanol–water partition coefficient (Wildman–Crippen LogP) is 2.88. The highest BCUT2D eigenvalue weighted by atomic mass is 127. The van der Waals surface area contributed by atoms with Crippen molar-refractivity contribution in [1.82, 2.24) is 0 Å². The molecule has 0 unspecified atom stereocenters. The second-order valence-corrected chi connectivity index (χ2v) is 7.32. The topological polar surface area (TPSA) is 93.7 Å². The molecule has 2 rings (SSSR count). The molecule has 25 heavy (non-hydrogen) atoms. The summed E-state index contributed by atoms with van der Waals surface area (Å²) in [5, 5.41) is 2.66. The molecule has 0 fully saturated rings. The first-order valence-electron chi connectivity index (χ1n) is 7.10. The van der Waals surface area contributed by atoms with E-state index in [1.165, 1.54) is 44.6 Å². The highest BCUT2D eigenvalue weighted by Gasteiger charge is 2.17. The van der Waals surface area contributed by atoms with Crippen LogP contribution in [0, 0.1) is 0 Å². The SMILES string of the molecule is COc1ccc(OC)c(NS(=O)(=O)c2ccc(NC(=O)CI)cc2)c1. The molecule has 0 bridgehead atoms. The number of hydrogen-bond donors (Lipinski definition) is 2. The molecule has 0 radical (unpaired) electrons. The molecule has 0 aliphatic rings. The molecule has 0 atom stereocenters. The molecule has 7 nitrogen and oxygen atoms in total. The summed E-state index contributed by atoms with van der Waals surface area (Å²) in [7, 11) is -0.884. The van der Waals surface area contributed by atoms with Gasteiger partial charge in [0.25, 0.3) is 10.0 Å². The van der Waals surface area contributed by atoms with Crippen molar-refractivity contribution in [2.45, 2.75) is 4.90 Å². The summed E-state index contributed by atoms with van der Waals surface area (Å²) in [6.45, 7) is 0. The van der Waals surface area contributed by atoms with E-state index in [-0.39, 0.29) is 16.5 Å². The fourth-order valence-corrected chi connectivity index (χ4v) is 3.26. The number of ether oxygens (including phenoxy) is 2. The zero-order chi connectivity index (χ0) is 18.4. The van der Waals surface area contributed by atoms with E-state index in [9.17, 15) is 13.2 Å². The number of sulfonamides is 1. The Hall–Kier alpha value is -2.01. The number of carbonyl (C=O) groups is 1. The zero-order valence-corrected chi connectivity index (χ0v) is 16.6. The Bertz CT molecular complexity index is 853. The average molecular weight is 476 g/mol. The Labute approximate surface area is 159 Å². The Morgan fingerprint density at radius 3 is 2.32 bits per heavy atom. The van der Waals surface area contributed by atoms with Crippen molar-refractivity contribution in [3.63, 3.8) is 0 Å². The minimum absolute atomic E-state index is 0.0600. The lowest BCUT2D eigenvalue weighted by Gasteiger charge is -2.13. The van der Waals surface area contributed by atoms with E-state index in [0.717, 1.165) is 0 Å². The average Bonchev–Trinajstić information content (AvgIpc) is 2.61. The smallest absolute Gasteiger partial charge is 0.262 e. The van der Waals surface area contributed by atoms with E-state index in [4.69, 9.17) is 9.47 Å². The number of methoxy groups -OCH3 is 2. The first-order chi connectivity index (χ1) is 11.9. The second kappa shape index (κ2) is 8.39. The van der Waals surface area contributed by atoms with Crippen LogP contribution in [0.15, 0.2) is 47.4 Å². The van der Waals surface area contributed by atoms with Crippen LogP contribution in [0.4, 0.5) is 11.4 Å². The predicted molar refractivity (Wildman–Crippen MR) is 104 cm³/mol. The number of benzene rings is 2. The first-order valence-corrected chi connectivity index (χ1v) is 10.1. The van der Waals surface area contributed by atoms with Crippen LogP contribution >= 0.6 is 22.6 Å². The van der Waals surface area contributed by atoms with Gasteiger partial charge in [0.2, 0.25) is 5.91 Å². The fourth-order valence-electron chi connectivity index (χ4n) is 2.01. The van der Waals surface area contributed by atoms with Gasteiger partial charge < -0.3 is 14.8 Å². The van der Waals surface area contributed by atoms with Crippen LogP contribution in [-0.2, 0) is 14.8 Å². The Morgan fingerprint density at radius 2 is 1.76 bits per heavy atom. The van der Waals surface area contributed by atoms with Crippen LogP contribution in [0.2, 0.25) is 0 Å². The number of carbonyl (C=O) groups excluding carboxylic acids is 1. The van der Waals surface area contributed by atoms with Crippen LogP contribution in [-0.4, -0.2) is 33.0 Å². The molecule has 1 amide bonds. The normalized spacial score (nSPS) is 10.8. The number of anilines is 2. The number of amides is 1. The third-order valence-electron chi connectivity index (χ3n) is 3.22. The summed E-state index contributed by atoms with van der Waals surface area (Å²) >= 11 is 1.94. The van der Waals surface area contributed by atoms with E-state index < -0.39 is 10.0 Å². The molecular weight excluding hydrogens is 459 g/mol. The van der Waals surface area contributed by atoms with Gasteiger partial charge in [-0.3, -0.25) is 9.52 Å². The van der Waals surface area contributed by atoms with Gasteiger partial charge in [-0.15, -0.1) is 0 Å². The van der Waals surface area contributed by atoms with Crippen molar-refractivity contribution in [3.8, 4) is 11.5 Å². The van der Waals surface area contributed by atoms with Crippen LogP contribution in [0.5, 0.6) is 11.5 Å². The van der Waals surface area contributed by atoms with E-state index in [1.54, 1.807) is 12.1 Å². The van der Waals surface area contributed by atoms with Gasteiger partial charge in [-0.25, -0.2) is 8.42 Å². The molecule has 2 aromatic carbocycles. The Morgan fingerprint density at radius 1 is 1.08 bits per heavy atom. The number of hydrogen-bond acceptors (Lipinski definition) is 5. The maximum absolute atomic E-state index is 12.6. The highest BCUT2D eigenvalue weighted by Crippen LogP contribution is 2.31. The van der Waals surface area contributed by atoms with Crippen molar-refractivity contribution in [2.24, 2.45) is 0 Å². The summed E-state index contributed by atoms with van der Waals surface area (Å²) in [5.41, 5.74) is 0.795. The number of rotatable bonds is 7. The maximum atomic E-state index is 12.6. The summed E-state index contributed by atoms with van der Waals surface area (Å²) in [6, 6.07) is 10.7. The van der Waals surface area contributed by atoms with Gasteiger partial charge in [0, 0.05) is 11.8 Å². The molecule has 0 spiro atoms. The largest absolute Gasteiger partial charge is 0.497 e. The van der Waals surface area contributed by atoms with E-state index >= 15 is 0 Å². The van der Waals surface area contributed by atoms with Crippen molar-refractivity contribution >= 4 is 49.9 Å². The molecule has 2 aromatic rings. The van der Waals surface area contributed by atoms with Gasteiger partial charge in [-0.2, -0.15) is 0 Å².